The van der Waals surface area contributed by atoms with Gasteiger partial charge in [-0.1, -0.05) is 18.0 Å². The lowest BCUT2D eigenvalue weighted by Gasteiger charge is -2.13. The monoisotopic (exact) mass is 304 g/mol. The van der Waals surface area contributed by atoms with Crippen molar-refractivity contribution in [2.24, 2.45) is 12.8 Å². The molecule has 1 atom stereocenters. The second-order valence-electron chi connectivity index (χ2n) is 5.67. The summed E-state index contributed by atoms with van der Waals surface area (Å²) in [5, 5.41) is 3.89. The molecular formula is C15H20N4O3. The molecule has 1 fully saturated rings. The first-order valence-electron chi connectivity index (χ1n) is 7.51. The second-order valence-corrected chi connectivity index (χ2v) is 5.67. The van der Waals surface area contributed by atoms with Gasteiger partial charge >= 0.3 is 0 Å². The zero-order valence-electron chi connectivity index (χ0n) is 12.6. The molecule has 2 heterocycles. The number of hydrogen-bond acceptors (Lipinski definition) is 6. The standard InChI is InChI=1S/C15H20N4O3/c1-19-7-6-10(8-13(19)20)14-17-15(22-18-14)12(16)9-21-11-4-2-3-5-11/h6-8,11-12H,2-5,9,16H2,1H3/t12-/m0/s1. The second kappa shape index (κ2) is 6.41. The molecule has 22 heavy (non-hydrogen) atoms. The third-order valence-electron chi connectivity index (χ3n) is 3.94. The highest BCUT2D eigenvalue weighted by Gasteiger charge is 2.20. The average molecular weight is 304 g/mol. The normalized spacial score (nSPS) is 17.0. The fraction of sp³-hybridized carbons (Fsp3) is 0.533. The molecule has 2 N–H and O–H groups in total. The highest BCUT2D eigenvalue weighted by Crippen LogP contribution is 2.22. The van der Waals surface area contributed by atoms with Crippen LogP contribution in [0, 0.1) is 0 Å². The number of nitrogens with two attached hydrogens (primary N) is 1. The summed E-state index contributed by atoms with van der Waals surface area (Å²) in [4.78, 5) is 15.9. The topological polar surface area (TPSA) is 96.2 Å². The van der Waals surface area contributed by atoms with Crippen molar-refractivity contribution >= 4 is 0 Å². The van der Waals surface area contributed by atoms with Crippen LogP contribution in [-0.2, 0) is 11.8 Å². The number of pyridine rings is 1. The number of rotatable bonds is 5. The van der Waals surface area contributed by atoms with Crippen LogP contribution < -0.4 is 11.3 Å². The molecule has 0 spiro atoms. The molecule has 7 heteroatoms. The van der Waals surface area contributed by atoms with Crippen molar-refractivity contribution in [3.8, 4) is 11.4 Å². The molecule has 2 aromatic heterocycles. The summed E-state index contributed by atoms with van der Waals surface area (Å²) in [5.74, 6) is 0.692. The summed E-state index contributed by atoms with van der Waals surface area (Å²) < 4.78 is 12.4. The third-order valence-corrected chi connectivity index (χ3v) is 3.94. The van der Waals surface area contributed by atoms with Crippen LogP contribution in [0.25, 0.3) is 11.4 Å². The molecule has 118 valence electrons. The summed E-state index contributed by atoms with van der Waals surface area (Å²) >= 11 is 0. The molecule has 0 aromatic carbocycles. The fourth-order valence-electron chi connectivity index (χ4n) is 2.56. The summed E-state index contributed by atoms with van der Waals surface area (Å²) in [5.41, 5.74) is 6.52. The van der Waals surface area contributed by atoms with Crippen molar-refractivity contribution in [2.45, 2.75) is 37.8 Å². The van der Waals surface area contributed by atoms with Crippen molar-refractivity contribution < 1.29 is 9.26 Å². The summed E-state index contributed by atoms with van der Waals surface area (Å²) in [7, 11) is 1.68. The predicted octanol–water partition coefficient (Wildman–Crippen LogP) is 1.39. The summed E-state index contributed by atoms with van der Waals surface area (Å²) in [6.07, 6.45) is 6.58. The van der Waals surface area contributed by atoms with Crippen LogP contribution in [0.5, 0.6) is 0 Å². The molecule has 0 unspecified atom stereocenters. The Morgan fingerprint density at radius 2 is 2.27 bits per heavy atom. The first-order valence-corrected chi connectivity index (χ1v) is 7.51. The zero-order valence-corrected chi connectivity index (χ0v) is 12.6. The Kier molecular flexibility index (Phi) is 4.35. The SMILES string of the molecule is Cn1ccc(-c2noc([C@@H](N)COC3CCCC3)n2)cc1=O. The number of aromatic nitrogens is 3. The van der Waals surface area contributed by atoms with E-state index in [9.17, 15) is 4.79 Å². The number of ether oxygens (including phenoxy) is 1. The van der Waals surface area contributed by atoms with Crippen molar-refractivity contribution in [3.05, 3.63) is 34.6 Å². The van der Waals surface area contributed by atoms with Gasteiger partial charge in [-0.15, -0.1) is 0 Å². The van der Waals surface area contributed by atoms with E-state index in [0.717, 1.165) is 12.8 Å². The maximum Gasteiger partial charge on any atom is 0.250 e. The minimum atomic E-state index is -0.451. The van der Waals surface area contributed by atoms with E-state index < -0.39 is 6.04 Å². The van der Waals surface area contributed by atoms with Gasteiger partial charge < -0.3 is 19.6 Å². The fourth-order valence-corrected chi connectivity index (χ4v) is 2.56. The Hall–Kier alpha value is -1.99. The molecule has 1 saturated carbocycles. The van der Waals surface area contributed by atoms with E-state index in [-0.39, 0.29) is 5.56 Å². The molecule has 2 aromatic rings. The molecular weight excluding hydrogens is 284 g/mol. The zero-order chi connectivity index (χ0) is 15.5. The van der Waals surface area contributed by atoms with Crippen LogP contribution >= 0.6 is 0 Å². The molecule has 0 radical (unpaired) electrons. The highest BCUT2D eigenvalue weighted by molar-refractivity contribution is 5.52. The Bertz CT molecular complexity index is 688. The van der Waals surface area contributed by atoms with Crippen molar-refractivity contribution in [2.75, 3.05) is 6.61 Å². The van der Waals surface area contributed by atoms with Crippen molar-refractivity contribution in [1.82, 2.24) is 14.7 Å². The average Bonchev–Trinajstić information content (AvgIpc) is 3.18. The molecule has 0 bridgehead atoms. The first-order chi connectivity index (χ1) is 10.6. The maximum atomic E-state index is 11.6. The Morgan fingerprint density at radius 1 is 1.50 bits per heavy atom. The van der Waals surface area contributed by atoms with Crippen molar-refractivity contribution in [1.29, 1.82) is 0 Å². The molecule has 1 aliphatic carbocycles. The van der Waals surface area contributed by atoms with Gasteiger partial charge in [0.25, 0.3) is 5.56 Å². The van der Waals surface area contributed by atoms with Gasteiger partial charge in [0, 0.05) is 24.9 Å². The van der Waals surface area contributed by atoms with Crippen molar-refractivity contribution in [3.63, 3.8) is 0 Å². The van der Waals surface area contributed by atoms with E-state index in [1.54, 1.807) is 19.3 Å². The van der Waals surface area contributed by atoms with E-state index >= 15 is 0 Å². The van der Waals surface area contributed by atoms with Crippen LogP contribution in [0.4, 0.5) is 0 Å². The molecule has 0 aliphatic heterocycles. The van der Waals surface area contributed by atoms with Gasteiger partial charge in [-0.3, -0.25) is 4.79 Å². The number of hydrogen-bond donors (Lipinski definition) is 1. The largest absolute Gasteiger partial charge is 0.376 e. The van der Waals surface area contributed by atoms with Gasteiger partial charge in [-0.2, -0.15) is 4.98 Å². The van der Waals surface area contributed by atoms with Crippen LogP contribution in [0.15, 0.2) is 27.6 Å². The Labute approximate surface area is 128 Å². The molecule has 1 aliphatic rings. The van der Waals surface area contributed by atoms with E-state index in [1.165, 1.54) is 23.5 Å². The smallest absolute Gasteiger partial charge is 0.250 e. The minimum absolute atomic E-state index is 0.127. The van der Waals surface area contributed by atoms with Gasteiger partial charge in [-0.05, 0) is 18.9 Å². The van der Waals surface area contributed by atoms with Gasteiger partial charge in [0.15, 0.2) is 0 Å². The van der Waals surface area contributed by atoms with E-state index in [0.29, 0.717) is 30.0 Å². The van der Waals surface area contributed by atoms with Gasteiger partial charge in [-0.25, -0.2) is 0 Å². The Morgan fingerprint density at radius 3 is 3.00 bits per heavy atom. The third kappa shape index (κ3) is 3.26. The lowest BCUT2D eigenvalue weighted by Crippen LogP contribution is -2.21. The van der Waals surface area contributed by atoms with Crippen LogP contribution in [0.3, 0.4) is 0 Å². The predicted molar refractivity (Wildman–Crippen MR) is 80.1 cm³/mol. The molecule has 7 nitrogen and oxygen atoms in total. The highest BCUT2D eigenvalue weighted by atomic mass is 16.5. The Balaban J connectivity index is 1.66. The minimum Gasteiger partial charge on any atom is -0.376 e. The van der Waals surface area contributed by atoms with Gasteiger partial charge in [0.1, 0.15) is 6.04 Å². The molecule has 0 amide bonds. The van der Waals surface area contributed by atoms with Crippen LogP contribution in [0.1, 0.15) is 37.6 Å². The summed E-state index contributed by atoms with van der Waals surface area (Å²) in [6.45, 7) is 0.364. The lowest BCUT2D eigenvalue weighted by molar-refractivity contribution is 0.0439. The lowest BCUT2D eigenvalue weighted by atomic mass is 10.2. The van der Waals surface area contributed by atoms with Gasteiger partial charge in [0.05, 0.1) is 12.7 Å². The van der Waals surface area contributed by atoms with E-state index in [1.807, 2.05) is 0 Å². The van der Waals surface area contributed by atoms with E-state index in [4.69, 9.17) is 15.0 Å². The molecule has 0 saturated heterocycles. The van der Waals surface area contributed by atoms with Gasteiger partial charge in [0.2, 0.25) is 11.7 Å². The molecule has 3 rings (SSSR count). The van der Waals surface area contributed by atoms with E-state index in [2.05, 4.69) is 10.1 Å². The number of nitrogens with zero attached hydrogens (tertiary/aromatic N) is 3. The first kappa shape index (κ1) is 14.9. The van der Waals surface area contributed by atoms with Crippen LogP contribution in [0.2, 0.25) is 0 Å². The quantitative estimate of drug-likeness (QED) is 0.896. The number of aryl methyl sites for hydroxylation is 1. The maximum absolute atomic E-state index is 11.6. The summed E-state index contributed by atoms with van der Waals surface area (Å²) in [6, 6.07) is 2.78. The van der Waals surface area contributed by atoms with Crippen LogP contribution in [-0.4, -0.2) is 27.4 Å².